The molecule has 0 fully saturated rings. The van der Waals surface area contributed by atoms with E-state index in [1.807, 2.05) is 6.26 Å². The molecular weight excluding hydrogens is 204 g/mol. The van der Waals surface area contributed by atoms with E-state index in [0.717, 1.165) is 0 Å². The third-order valence-corrected chi connectivity index (χ3v) is 2.03. The van der Waals surface area contributed by atoms with Gasteiger partial charge in [-0.2, -0.15) is 4.09 Å². The zero-order valence-corrected chi connectivity index (χ0v) is 8.54. The first-order valence-electron chi connectivity index (χ1n) is 3.82. The van der Waals surface area contributed by atoms with Gasteiger partial charge in [-0.25, -0.2) is 0 Å². The maximum Gasteiger partial charge on any atom is 0.236 e. The lowest BCUT2D eigenvalue weighted by molar-refractivity contribution is -0.117. The van der Waals surface area contributed by atoms with Crippen LogP contribution in [0, 0.1) is 5.92 Å². The van der Waals surface area contributed by atoms with Gasteiger partial charge in [-0.05, 0) is 18.9 Å². The van der Waals surface area contributed by atoms with Crippen LogP contribution in [0.5, 0.6) is 0 Å². The van der Waals surface area contributed by atoms with Crippen LogP contribution >= 0.6 is 11.9 Å². The second-order valence-electron chi connectivity index (χ2n) is 2.52. The van der Waals surface area contributed by atoms with Crippen LogP contribution in [0.3, 0.4) is 0 Å². The monoisotopic (exact) mass is 213 g/mol. The molecule has 1 heterocycles. The molecule has 0 bridgehead atoms. The summed E-state index contributed by atoms with van der Waals surface area (Å²) in [5.41, 5.74) is 0. The Kier molecular flexibility index (Phi) is 3.63. The first-order valence-corrected chi connectivity index (χ1v) is 5.01. The predicted molar refractivity (Wildman–Crippen MR) is 52.4 cm³/mol. The molecule has 1 amide bonds. The predicted octanol–water partition coefficient (Wildman–Crippen LogP) is 0.0885. The second-order valence-corrected chi connectivity index (χ2v) is 3.26. The number of carbonyl (C=O) groups excluding carboxylic acids is 2. The van der Waals surface area contributed by atoms with Crippen molar-refractivity contribution in [3.8, 4) is 0 Å². The molecule has 0 spiro atoms. The maximum absolute atomic E-state index is 11.2. The van der Waals surface area contributed by atoms with Crippen LogP contribution < -0.4 is 5.32 Å². The highest BCUT2D eigenvalue weighted by molar-refractivity contribution is 7.97. The molecule has 7 heteroatoms. The van der Waals surface area contributed by atoms with Crippen LogP contribution in [-0.4, -0.2) is 32.8 Å². The molecule has 14 heavy (non-hydrogen) atoms. The standard InChI is InChI=1S/C7H9N4O2S/c1-5(4-12)7(13)8-6-3-11(14-2)10-9-6/h3,5H,1-2H3,(H,8,13). The minimum absolute atomic E-state index is 0.325. The number of amides is 1. The van der Waals surface area contributed by atoms with Crippen LogP contribution in [0.15, 0.2) is 6.20 Å². The number of nitrogens with zero attached hydrogens (tertiary/aromatic N) is 3. The van der Waals surface area contributed by atoms with Crippen molar-refractivity contribution < 1.29 is 9.59 Å². The average Bonchev–Trinajstić information content (AvgIpc) is 2.64. The molecule has 0 saturated carbocycles. The Balaban J connectivity index is 2.60. The van der Waals surface area contributed by atoms with Gasteiger partial charge in [0.1, 0.15) is 5.92 Å². The average molecular weight is 213 g/mol. The van der Waals surface area contributed by atoms with Gasteiger partial charge in [0.25, 0.3) is 0 Å². The summed E-state index contributed by atoms with van der Waals surface area (Å²) in [7, 11) is 0. The van der Waals surface area contributed by atoms with E-state index in [9.17, 15) is 9.59 Å². The molecular formula is C7H9N4O2S. The van der Waals surface area contributed by atoms with E-state index in [0.29, 0.717) is 5.82 Å². The van der Waals surface area contributed by atoms with Gasteiger partial charge in [0.2, 0.25) is 12.2 Å². The fourth-order valence-electron chi connectivity index (χ4n) is 0.683. The first-order chi connectivity index (χ1) is 6.67. The Hall–Kier alpha value is -1.37. The Bertz CT molecular complexity index is 338. The van der Waals surface area contributed by atoms with E-state index < -0.39 is 11.8 Å². The molecule has 1 unspecified atom stereocenters. The van der Waals surface area contributed by atoms with Gasteiger partial charge in [0.05, 0.1) is 6.20 Å². The fraction of sp³-hybridized carbons (Fsp3) is 0.429. The molecule has 1 aromatic heterocycles. The van der Waals surface area contributed by atoms with Crippen LogP contribution in [-0.2, 0) is 9.59 Å². The van der Waals surface area contributed by atoms with Crippen LogP contribution in [0.25, 0.3) is 0 Å². The van der Waals surface area contributed by atoms with Crippen molar-refractivity contribution in [3.63, 3.8) is 0 Å². The van der Waals surface area contributed by atoms with Crippen LogP contribution in [0.1, 0.15) is 6.92 Å². The SMILES string of the molecule is CSn1cc(NC(=O)C(C)[C]=O)nn1. The Morgan fingerprint density at radius 1 is 1.79 bits per heavy atom. The number of rotatable bonds is 4. The van der Waals surface area contributed by atoms with Crippen molar-refractivity contribution in [2.75, 3.05) is 11.6 Å². The van der Waals surface area contributed by atoms with Gasteiger partial charge in [0, 0.05) is 6.26 Å². The van der Waals surface area contributed by atoms with E-state index in [1.165, 1.54) is 23.0 Å². The smallest absolute Gasteiger partial charge is 0.236 e. The summed E-state index contributed by atoms with van der Waals surface area (Å²) < 4.78 is 1.49. The molecule has 1 aromatic rings. The Morgan fingerprint density at radius 2 is 2.50 bits per heavy atom. The minimum Gasteiger partial charge on any atom is -0.307 e. The van der Waals surface area contributed by atoms with Gasteiger partial charge >= 0.3 is 0 Å². The number of hydrogen-bond acceptors (Lipinski definition) is 5. The summed E-state index contributed by atoms with van der Waals surface area (Å²) in [5.74, 6) is -0.908. The minimum atomic E-state index is -0.797. The normalized spacial score (nSPS) is 12.1. The van der Waals surface area contributed by atoms with Crippen molar-refractivity contribution in [1.82, 2.24) is 14.4 Å². The third-order valence-electron chi connectivity index (χ3n) is 1.48. The molecule has 0 aromatic carbocycles. The summed E-state index contributed by atoms with van der Waals surface area (Å²) in [6, 6.07) is 0. The molecule has 0 aliphatic rings. The quantitative estimate of drug-likeness (QED) is 0.717. The highest BCUT2D eigenvalue weighted by Crippen LogP contribution is 2.06. The van der Waals surface area contributed by atoms with Crippen LogP contribution in [0.2, 0.25) is 0 Å². The molecule has 1 atom stereocenters. The maximum atomic E-state index is 11.2. The van der Waals surface area contributed by atoms with Gasteiger partial charge in [-0.3, -0.25) is 9.59 Å². The van der Waals surface area contributed by atoms with Gasteiger partial charge < -0.3 is 5.32 Å². The Morgan fingerprint density at radius 3 is 3.00 bits per heavy atom. The topological polar surface area (TPSA) is 76.9 Å². The number of aromatic nitrogens is 3. The molecule has 6 nitrogen and oxygen atoms in total. The summed E-state index contributed by atoms with van der Waals surface area (Å²) in [5, 5.41) is 9.80. The summed E-state index contributed by atoms with van der Waals surface area (Å²) in [6.07, 6.45) is 4.96. The van der Waals surface area contributed by atoms with Crippen molar-refractivity contribution in [2.24, 2.45) is 5.92 Å². The van der Waals surface area contributed by atoms with E-state index in [-0.39, 0.29) is 0 Å². The third kappa shape index (κ3) is 2.56. The van der Waals surface area contributed by atoms with E-state index >= 15 is 0 Å². The molecule has 0 aliphatic heterocycles. The van der Waals surface area contributed by atoms with Crippen molar-refractivity contribution in [1.29, 1.82) is 0 Å². The molecule has 0 aliphatic carbocycles. The summed E-state index contributed by atoms with van der Waals surface area (Å²) in [4.78, 5) is 21.4. The number of carbonyl (C=O) groups is 1. The van der Waals surface area contributed by atoms with Gasteiger partial charge in [-0.15, -0.1) is 5.10 Å². The molecule has 75 valence electrons. The van der Waals surface area contributed by atoms with Crippen molar-refractivity contribution in [3.05, 3.63) is 6.20 Å². The zero-order valence-electron chi connectivity index (χ0n) is 7.72. The van der Waals surface area contributed by atoms with E-state index in [2.05, 4.69) is 15.6 Å². The van der Waals surface area contributed by atoms with E-state index in [4.69, 9.17) is 0 Å². The molecule has 1 N–H and O–H groups in total. The first kappa shape index (κ1) is 10.7. The fourth-order valence-corrected chi connectivity index (χ4v) is 0.998. The largest absolute Gasteiger partial charge is 0.307 e. The number of anilines is 1. The van der Waals surface area contributed by atoms with Crippen molar-refractivity contribution in [2.45, 2.75) is 6.92 Å². The molecule has 0 saturated heterocycles. The van der Waals surface area contributed by atoms with Gasteiger partial charge in [-0.1, -0.05) is 5.21 Å². The highest BCUT2D eigenvalue weighted by Gasteiger charge is 2.13. The molecule has 1 radical (unpaired) electrons. The number of hydrogen-bond donors (Lipinski definition) is 1. The lowest BCUT2D eigenvalue weighted by Crippen LogP contribution is -2.21. The molecule has 1 rings (SSSR count). The lowest BCUT2D eigenvalue weighted by atomic mass is 10.2. The van der Waals surface area contributed by atoms with Gasteiger partial charge in [0.15, 0.2) is 5.82 Å². The Labute approximate surface area is 85.2 Å². The highest BCUT2D eigenvalue weighted by atomic mass is 32.2. The summed E-state index contributed by atoms with van der Waals surface area (Å²) >= 11 is 1.35. The second kappa shape index (κ2) is 4.75. The van der Waals surface area contributed by atoms with Crippen molar-refractivity contribution >= 4 is 30.0 Å². The summed E-state index contributed by atoms with van der Waals surface area (Å²) in [6.45, 7) is 1.46. The van der Waals surface area contributed by atoms with E-state index in [1.54, 1.807) is 12.5 Å². The zero-order chi connectivity index (χ0) is 10.6. The lowest BCUT2D eigenvalue weighted by Gasteiger charge is -2.00. The number of nitrogens with one attached hydrogen (secondary N) is 1. The van der Waals surface area contributed by atoms with Crippen LogP contribution in [0.4, 0.5) is 5.82 Å².